The average molecular weight is 415 g/mol. The third-order valence-electron chi connectivity index (χ3n) is 3.24. The minimum atomic E-state index is -0.548. The maximum atomic E-state index is 12.4. The third kappa shape index (κ3) is 5.46. The SMILES string of the molecule is COC(=O)COc1ccccc1/C=C(/C#N)C(=O)Nc1cccc(Br)c1. The summed E-state index contributed by atoms with van der Waals surface area (Å²) in [4.78, 5) is 23.6. The monoisotopic (exact) mass is 414 g/mol. The Balaban J connectivity index is 2.21. The number of halogens is 1. The number of para-hydroxylation sites is 1. The van der Waals surface area contributed by atoms with Gasteiger partial charge in [0.2, 0.25) is 0 Å². The summed E-state index contributed by atoms with van der Waals surface area (Å²) in [6.07, 6.45) is 1.40. The highest BCUT2D eigenvalue weighted by atomic mass is 79.9. The van der Waals surface area contributed by atoms with Gasteiger partial charge in [0.1, 0.15) is 17.4 Å². The van der Waals surface area contributed by atoms with Crippen LogP contribution in [0.15, 0.2) is 58.6 Å². The fourth-order valence-electron chi connectivity index (χ4n) is 2.00. The van der Waals surface area contributed by atoms with Crippen molar-refractivity contribution in [3.05, 3.63) is 64.1 Å². The number of rotatable bonds is 6. The lowest BCUT2D eigenvalue weighted by Gasteiger charge is -2.09. The number of nitrogens with one attached hydrogen (secondary N) is 1. The molecule has 0 spiro atoms. The first-order valence-electron chi connectivity index (χ1n) is 7.51. The molecule has 0 aliphatic heterocycles. The average Bonchev–Trinajstić information content (AvgIpc) is 2.64. The molecule has 0 aromatic heterocycles. The van der Waals surface area contributed by atoms with E-state index < -0.39 is 11.9 Å². The Morgan fingerprint density at radius 1 is 1.23 bits per heavy atom. The van der Waals surface area contributed by atoms with Gasteiger partial charge in [-0.05, 0) is 30.3 Å². The van der Waals surface area contributed by atoms with Crippen molar-refractivity contribution < 1.29 is 19.1 Å². The lowest BCUT2D eigenvalue weighted by Crippen LogP contribution is -2.14. The van der Waals surface area contributed by atoms with Crippen LogP contribution in [0.5, 0.6) is 5.75 Å². The Labute approximate surface area is 159 Å². The Bertz CT molecular complexity index is 887. The van der Waals surface area contributed by atoms with Crippen molar-refractivity contribution in [3.63, 3.8) is 0 Å². The minimum Gasteiger partial charge on any atom is -0.481 e. The van der Waals surface area contributed by atoms with Gasteiger partial charge in [-0.25, -0.2) is 4.79 Å². The zero-order chi connectivity index (χ0) is 18.9. The van der Waals surface area contributed by atoms with Gasteiger partial charge in [-0.3, -0.25) is 4.79 Å². The van der Waals surface area contributed by atoms with Gasteiger partial charge in [0.15, 0.2) is 6.61 Å². The van der Waals surface area contributed by atoms with Gasteiger partial charge in [0.05, 0.1) is 7.11 Å². The van der Waals surface area contributed by atoms with E-state index in [1.807, 2.05) is 12.1 Å². The van der Waals surface area contributed by atoms with Crippen LogP contribution in [-0.4, -0.2) is 25.6 Å². The van der Waals surface area contributed by atoms with Gasteiger partial charge in [-0.2, -0.15) is 5.26 Å². The molecule has 0 saturated carbocycles. The van der Waals surface area contributed by atoms with Gasteiger partial charge >= 0.3 is 5.97 Å². The zero-order valence-electron chi connectivity index (χ0n) is 13.9. The van der Waals surface area contributed by atoms with Crippen molar-refractivity contribution in [2.24, 2.45) is 0 Å². The highest BCUT2D eigenvalue weighted by Gasteiger charge is 2.12. The van der Waals surface area contributed by atoms with Crippen LogP contribution < -0.4 is 10.1 Å². The van der Waals surface area contributed by atoms with Crippen molar-refractivity contribution in [1.29, 1.82) is 5.26 Å². The molecule has 0 fully saturated rings. The first-order valence-corrected chi connectivity index (χ1v) is 8.30. The molecule has 0 aliphatic carbocycles. The molecule has 6 nitrogen and oxygen atoms in total. The first kappa shape index (κ1) is 19.2. The third-order valence-corrected chi connectivity index (χ3v) is 3.73. The fourth-order valence-corrected chi connectivity index (χ4v) is 2.39. The number of amides is 1. The Morgan fingerprint density at radius 2 is 2.00 bits per heavy atom. The highest BCUT2D eigenvalue weighted by Crippen LogP contribution is 2.22. The molecule has 2 aromatic rings. The van der Waals surface area contributed by atoms with Crippen molar-refractivity contribution in [2.45, 2.75) is 0 Å². The van der Waals surface area contributed by atoms with Crippen LogP contribution in [0.2, 0.25) is 0 Å². The molecule has 0 unspecified atom stereocenters. The number of nitriles is 1. The van der Waals surface area contributed by atoms with E-state index in [0.29, 0.717) is 17.0 Å². The molecule has 1 N–H and O–H groups in total. The van der Waals surface area contributed by atoms with E-state index in [2.05, 4.69) is 26.0 Å². The number of carbonyl (C=O) groups excluding carboxylic acids is 2. The number of benzene rings is 2. The second-order valence-electron chi connectivity index (χ2n) is 5.04. The van der Waals surface area contributed by atoms with Crippen molar-refractivity contribution in [2.75, 3.05) is 19.0 Å². The summed E-state index contributed by atoms with van der Waals surface area (Å²) in [7, 11) is 1.26. The van der Waals surface area contributed by atoms with E-state index >= 15 is 0 Å². The van der Waals surface area contributed by atoms with Crippen LogP contribution in [0, 0.1) is 11.3 Å². The van der Waals surface area contributed by atoms with E-state index in [1.54, 1.807) is 42.5 Å². The molecule has 2 rings (SSSR count). The van der Waals surface area contributed by atoms with Crippen LogP contribution >= 0.6 is 15.9 Å². The van der Waals surface area contributed by atoms with Gasteiger partial charge in [-0.1, -0.05) is 40.2 Å². The molecular formula is C19H15BrN2O4. The summed E-state index contributed by atoms with van der Waals surface area (Å²) < 4.78 is 10.7. The summed E-state index contributed by atoms with van der Waals surface area (Å²) in [5.41, 5.74) is 0.956. The molecule has 0 saturated heterocycles. The maximum Gasteiger partial charge on any atom is 0.343 e. The van der Waals surface area contributed by atoms with E-state index in [4.69, 9.17) is 4.74 Å². The number of anilines is 1. The Morgan fingerprint density at radius 3 is 2.69 bits per heavy atom. The largest absolute Gasteiger partial charge is 0.481 e. The fraction of sp³-hybridized carbons (Fsp3) is 0.105. The van der Waals surface area contributed by atoms with Crippen LogP contribution in [0.25, 0.3) is 6.08 Å². The molecule has 2 aromatic carbocycles. The second kappa shape index (κ2) is 9.39. The highest BCUT2D eigenvalue weighted by molar-refractivity contribution is 9.10. The molecular weight excluding hydrogens is 400 g/mol. The van der Waals surface area contributed by atoms with Crippen LogP contribution in [-0.2, 0) is 14.3 Å². The number of nitrogens with zero attached hydrogens (tertiary/aromatic N) is 1. The Hall–Kier alpha value is -3.11. The smallest absolute Gasteiger partial charge is 0.343 e. The van der Waals surface area contributed by atoms with Gasteiger partial charge in [0, 0.05) is 15.7 Å². The lowest BCUT2D eigenvalue weighted by molar-refractivity contribution is -0.142. The number of methoxy groups -OCH3 is 1. The standard InChI is InChI=1S/C19H15BrN2O4/c1-25-18(23)12-26-17-8-3-2-5-13(17)9-14(11-21)19(24)22-16-7-4-6-15(20)10-16/h2-10H,12H2,1H3,(H,22,24)/b14-9-. The number of esters is 1. The molecule has 7 heteroatoms. The quantitative estimate of drug-likeness (QED) is 0.443. The number of hydrogen-bond donors (Lipinski definition) is 1. The van der Waals surface area contributed by atoms with Crippen LogP contribution in [0.4, 0.5) is 5.69 Å². The molecule has 0 heterocycles. The molecule has 0 aliphatic rings. The minimum absolute atomic E-state index is 0.0981. The van der Waals surface area contributed by atoms with Crippen LogP contribution in [0.1, 0.15) is 5.56 Å². The van der Waals surface area contributed by atoms with Crippen molar-refractivity contribution in [3.8, 4) is 11.8 Å². The van der Waals surface area contributed by atoms with Gasteiger partial charge in [-0.15, -0.1) is 0 Å². The summed E-state index contributed by atoms with van der Waals surface area (Å²) in [6.45, 7) is -0.270. The molecule has 132 valence electrons. The number of hydrogen-bond acceptors (Lipinski definition) is 5. The van der Waals surface area contributed by atoms with E-state index in [0.717, 1.165) is 4.47 Å². The predicted octanol–water partition coefficient (Wildman–Crippen LogP) is 3.55. The first-order chi connectivity index (χ1) is 12.5. The molecule has 1 amide bonds. The van der Waals surface area contributed by atoms with E-state index in [-0.39, 0.29) is 12.2 Å². The lowest BCUT2D eigenvalue weighted by atomic mass is 10.1. The predicted molar refractivity (Wildman–Crippen MR) is 100 cm³/mol. The summed E-state index contributed by atoms with van der Waals surface area (Å²) >= 11 is 3.32. The summed E-state index contributed by atoms with van der Waals surface area (Å²) in [6, 6.07) is 15.7. The summed E-state index contributed by atoms with van der Waals surface area (Å²) in [5.74, 6) is -0.717. The van der Waals surface area contributed by atoms with E-state index in [9.17, 15) is 14.9 Å². The molecule has 0 atom stereocenters. The second-order valence-corrected chi connectivity index (χ2v) is 5.95. The van der Waals surface area contributed by atoms with Crippen molar-refractivity contribution >= 4 is 39.6 Å². The van der Waals surface area contributed by atoms with Crippen molar-refractivity contribution in [1.82, 2.24) is 0 Å². The summed E-state index contributed by atoms with van der Waals surface area (Å²) in [5, 5.41) is 12.0. The molecule has 0 radical (unpaired) electrons. The Kier molecular flexibility index (Phi) is 6.94. The number of carbonyl (C=O) groups is 2. The zero-order valence-corrected chi connectivity index (χ0v) is 15.4. The van der Waals surface area contributed by atoms with Gasteiger partial charge < -0.3 is 14.8 Å². The van der Waals surface area contributed by atoms with Gasteiger partial charge in [0.25, 0.3) is 5.91 Å². The topological polar surface area (TPSA) is 88.4 Å². The molecule has 0 bridgehead atoms. The maximum absolute atomic E-state index is 12.4. The van der Waals surface area contributed by atoms with E-state index in [1.165, 1.54) is 13.2 Å². The molecule has 26 heavy (non-hydrogen) atoms. The normalized spacial score (nSPS) is 10.6. The van der Waals surface area contributed by atoms with Crippen LogP contribution in [0.3, 0.4) is 0 Å². The number of ether oxygens (including phenoxy) is 2.